The first kappa shape index (κ1) is 12.7. The summed E-state index contributed by atoms with van der Waals surface area (Å²) in [5.41, 5.74) is 11.6. The molecule has 0 fully saturated rings. The molecule has 4 nitrogen and oxygen atoms in total. The van der Waals surface area contributed by atoms with E-state index in [0.717, 1.165) is 27.2 Å². The van der Waals surface area contributed by atoms with Crippen LogP contribution < -0.4 is 15.8 Å². The number of rotatable bonds is 4. The Morgan fingerprint density at radius 2 is 2.20 bits per heavy atom. The summed E-state index contributed by atoms with van der Waals surface area (Å²) in [6, 6.07) is 12.0. The van der Waals surface area contributed by atoms with Crippen molar-refractivity contribution in [1.82, 2.24) is 4.98 Å². The molecular weight excluding hydrogens is 270 g/mol. The fraction of sp³-hybridized carbons (Fsp3) is 0.133. The summed E-state index contributed by atoms with van der Waals surface area (Å²) < 4.78 is 6.32. The van der Waals surface area contributed by atoms with Crippen LogP contribution in [0.15, 0.2) is 41.9 Å². The van der Waals surface area contributed by atoms with Gasteiger partial charge in [-0.2, -0.15) is 0 Å². The van der Waals surface area contributed by atoms with Gasteiger partial charge in [0.15, 0.2) is 0 Å². The van der Waals surface area contributed by atoms with Gasteiger partial charge in [-0.3, -0.25) is 0 Å². The summed E-state index contributed by atoms with van der Waals surface area (Å²) in [4.78, 5) is 4.29. The summed E-state index contributed by atoms with van der Waals surface area (Å²) in [5, 5.41) is 3.35. The van der Waals surface area contributed by atoms with Crippen molar-refractivity contribution >= 4 is 32.9 Å². The number of hydrogen-bond acceptors (Lipinski definition) is 5. The van der Waals surface area contributed by atoms with Crippen molar-refractivity contribution < 1.29 is 4.74 Å². The third kappa shape index (κ3) is 2.40. The van der Waals surface area contributed by atoms with Crippen molar-refractivity contribution in [2.24, 2.45) is 0 Å². The van der Waals surface area contributed by atoms with Gasteiger partial charge >= 0.3 is 0 Å². The van der Waals surface area contributed by atoms with Crippen molar-refractivity contribution in [2.45, 2.75) is 6.54 Å². The van der Waals surface area contributed by atoms with Crippen molar-refractivity contribution in [2.75, 3.05) is 18.2 Å². The van der Waals surface area contributed by atoms with Gasteiger partial charge in [-0.1, -0.05) is 12.1 Å². The molecule has 0 radical (unpaired) electrons. The number of hydrogen-bond donors (Lipinski definition) is 2. The molecule has 3 aromatic rings. The molecule has 0 saturated heterocycles. The van der Waals surface area contributed by atoms with Crippen LogP contribution in [0.25, 0.3) is 10.2 Å². The molecule has 0 aliphatic rings. The molecule has 2 aromatic carbocycles. The molecule has 0 aliphatic heterocycles. The van der Waals surface area contributed by atoms with E-state index in [9.17, 15) is 0 Å². The molecule has 0 unspecified atom stereocenters. The van der Waals surface area contributed by atoms with Crippen LogP contribution in [-0.2, 0) is 6.54 Å². The smallest absolute Gasteiger partial charge is 0.119 e. The Labute approximate surface area is 121 Å². The summed E-state index contributed by atoms with van der Waals surface area (Å²) in [6.45, 7) is 0.692. The molecular formula is C15H15N3OS. The second-order valence-electron chi connectivity index (χ2n) is 4.43. The van der Waals surface area contributed by atoms with Crippen LogP contribution in [-0.4, -0.2) is 12.1 Å². The van der Waals surface area contributed by atoms with Crippen molar-refractivity contribution in [1.29, 1.82) is 0 Å². The summed E-state index contributed by atoms with van der Waals surface area (Å²) in [7, 11) is 1.67. The maximum atomic E-state index is 6.14. The molecule has 102 valence electrons. The Balaban J connectivity index is 1.80. The molecule has 1 aromatic heterocycles. The van der Waals surface area contributed by atoms with Gasteiger partial charge in [-0.25, -0.2) is 4.98 Å². The molecule has 1 heterocycles. The standard InChI is InChI=1S/C15H15N3OS/c1-19-11-4-2-3-10(7-11)8-17-12-5-6-13-15(14(12)16)18-9-20-13/h2-7,9,17H,8,16H2,1H3. The summed E-state index contributed by atoms with van der Waals surface area (Å²) >= 11 is 1.59. The van der Waals surface area contributed by atoms with Crippen molar-refractivity contribution in [3.05, 3.63) is 47.5 Å². The molecule has 20 heavy (non-hydrogen) atoms. The Hall–Kier alpha value is -2.27. The highest BCUT2D eigenvalue weighted by Gasteiger charge is 2.06. The zero-order valence-electron chi connectivity index (χ0n) is 11.1. The number of nitrogen functional groups attached to an aromatic ring is 1. The zero-order valence-corrected chi connectivity index (χ0v) is 11.9. The number of nitrogens with zero attached hydrogens (tertiary/aromatic N) is 1. The lowest BCUT2D eigenvalue weighted by Gasteiger charge is -2.10. The van der Waals surface area contributed by atoms with Crippen molar-refractivity contribution in [3.63, 3.8) is 0 Å². The quantitative estimate of drug-likeness (QED) is 0.720. The number of thiazole rings is 1. The van der Waals surface area contributed by atoms with E-state index >= 15 is 0 Å². The zero-order chi connectivity index (χ0) is 13.9. The molecule has 5 heteroatoms. The van der Waals surface area contributed by atoms with Crippen LogP contribution in [0.2, 0.25) is 0 Å². The van der Waals surface area contributed by atoms with E-state index in [4.69, 9.17) is 10.5 Å². The fourth-order valence-electron chi connectivity index (χ4n) is 2.09. The maximum absolute atomic E-state index is 6.14. The average Bonchev–Trinajstić information content (AvgIpc) is 2.96. The lowest BCUT2D eigenvalue weighted by Crippen LogP contribution is -2.03. The van der Waals surface area contributed by atoms with Crippen LogP contribution in [0.5, 0.6) is 5.75 Å². The Morgan fingerprint density at radius 3 is 3.05 bits per heavy atom. The van der Waals surface area contributed by atoms with Gasteiger partial charge in [0.05, 0.1) is 28.7 Å². The third-order valence-electron chi connectivity index (χ3n) is 3.16. The molecule has 0 spiro atoms. The first-order valence-corrected chi connectivity index (χ1v) is 7.14. The Bertz CT molecular complexity index is 739. The van der Waals surface area contributed by atoms with Crippen LogP contribution in [0, 0.1) is 0 Å². The lowest BCUT2D eigenvalue weighted by molar-refractivity contribution is 0.414. The molecule has 0 atom stereocenters. The van der Waals surface area contributed by atoms with Gasteiger partial charge in [-0.15, -0.1) is 11.3 Å². The normalized spacial score (nSPS) is 10.7. The second-order valence-corrected chi connectivity index (χ2v) is 5.32. The second kappa shape index (κ2) is 5.38. The van der Waals surface area contributed by atoms with E-state index in [1.807, 2.05) is 41.9 Å². The van der Waals surface area contributed by atoms with Crippen LogP contribution >= 0.6 is 11.3 Å². The molecule has 0 bridgehead atoms. The first-order chi connectivity index (χ1) is 9.78. The molecule has 3 rings (SSSR count). The van der Waals surface area contributed by atoms with Gasteiger partial charge < -0.3 is 15.8 Å². The minimum atomic E-state index is 0.692. The largest absolute Gasteiger partial charge is 0.497 e. The first-order valence-electron chi connectivity index (χ1n) is 6.26. The highest BCUT2D eigenvalue weighted by molar-refractivity contribution is 7.16. The summed E-state index contributed by atoms with van der Waals surface area (Å²) in [6.07, 6.45) is 0. The SMILES string of the molecule is COc1cccc(CNc2ccc3scnc3c2N)c1. The topological polar surface area (TPSA) is 60.2 Å². The van der Waals surface area contributed by atoms with E-state index < -0.39 is 0 Å². The summed E-state index contributed by atoms with van der Waals surface area (Å²) in [5.74, 6) is 0.854. The van der Waals surface area contributed by atoms with Crippen LogP contribution in [0.4, 0.5) is 11.4 Å². The molecule has 0 amide bonds. The number of aromatic nitrogens is 1. The number of ether oxygens (including phenoxy) is 1. The third-order valence-corrected chi connectivity index (χ3v) is 3.95. The van der Waals surface area contributed by atoms with Gasteiger partial charge in [0.25, 0.3) is 0 Å². The monoisotopic (exact) mass is 285 g/mol. The number of anilines is 2. The Kier molecular flexibility index (Phi) is 3.43. The lowest BCUT2D eigenvalue weighted by atomic mass is 10.2. The average molecular weight is 285 g/mol. The molecule has 0 saturated carbocycles. The Morgan fingerprint density at radius 1 is 1.30 bits per heavy atom. The molecule has 3 N–H and O–H groups in total. The minimum Gasteiger partial charge on any atom is -0.497 e. The number of benzene rings is 2. The highest BCUT2D eigenvalue weighted by atomic mass is 32.1. The maximum Gasteiger partial charge on any atom is 0.119 e. The van der Waals surface area contributed by atoms with E-state index in [2.05, 4.69) is 10.3 Å². The van der Waals surface area contributed by atoms with E-state index in [1.54, 1.807) is 18.4 Å². The number of methoxy groups -OCH3 is 1. The highest BCUT2D eigenvalue weighted by Crippen LogP contribution is 2.30. The fourth-order valence-corrected chi connectivity index (χ4v) is 2.78. The predicted octanol–water partition coefficient (Wildman–Crippen LogP) is 3.50. The van der Waals surface area contributed by atoms with E-state index in [0.29, 0.717) is 12.2 Å². The van der Waals surface area contributed by atoms with Crippen LogP contribution in [0.3, 0.4) is 0 Å². The minimum absolute atomic E-state index is 0.692. The van der Waals surface area contributed by atoms with Gasteiger partial charge in [-0.05, 0) is 29.8 Å². The van der Waals surface area contributed by atoms with Gasteiger partial charge in [0, 0.05) is 6.54 Å². The van der Waals surface area contributed by atoms with Crippen molar-refractivity contribution in [3.8, 4) is 5.75 Å². The number of nitrogens with two attached hydrogens (primary N) is 1. The number of nitrogens with one attached hydrogen (secondary N) is 1. The predicted molar refractivity (Wildman–Crippen MR) is 84.4 cm³/mol. The van der Waals surface area contributed by atoms with E-state index in [1.165, 1.54) is 0 Å². The molecule has 0 aliphatic carbocycles. The van der Waals surface area contributed by atoms with Gasteiger partial charge in [0.2, 0.25) is 0 Å². The van der Waals surface area contributed by atoms with E-state index in [-0.39, 0.29) is 0 Å². The van der Waals surface area contributed by atoms with Crippen LogP contribution in [0.1, 0.15) is 5.56 Å². The number of fused-ring (bicyclic) bond motifs is 1. The van der Waals surface area contributed by atoms with Gasteiger partial charge in [0.1, 0.15) is 11.3 Å².